The minimum atomic E-state index is -0.147. The zero-order valence-electron chi connectivity index (χ0n) is 10.0. The number of hydrogen-bond acceptors (Lipinski definition) is 1. The molecule has 1 unspecified atom stereocenters. The Labute approximate surface area is 93.1 Å². The van der Waals surface area contributed by atoms with Crippen molar-refractivity contribution in [3.8, 4) is 0 Å². The fourth-order valence-electron chi connectivity index (χ4n) is 1.75. The fraction of sp³-hybridized carbons (Fsp3) is 0.571. The van der Waals surface area contributed by atoms with Gasteiger partial charge in [0.2, 0.25) is 0 Å². The average Bonchev–Trinajstić information content (AvgIpc) is 2.16. The highest BCUT2D eigenvalue weighted by Crippen LogP contribution is 2.12. The van der Waals surface area contributed by atoms with Gasteiger partial charge in [0.25, 0.3) is 0 Å². The van der Waals surface area contributed by atoms with Crippen molar-refractivity contribution in [2.24, 2.45) is 5.92 Å². The van der Waals surface area contributed by atoms with E-state index in [0.717, 1.165) is 19.3 Å². The van der Waals surface area contributed by atoms with Crippen molar-refractivity contribution in [2.75, 3.05) is 0 Å². The second-order valence-corrected chi connectivity index (χ2v) is 4.81. The zero-order chi connectivity index (χ0) is 11.3. The van der Waals surface area contributed by atoms with Crippen LogP contribution in [0.2, 0.25) is 0 Å². The molecule has 1 aromatic rings. The van der Waals surface area contributed by atoms with Crippen LogP contribution in [-0.4, -0.2) is 11.2 Å². The van der Waals surface area contributed by atoms with Gasteiger partial charge in [0.15, 0.2) is 0 Å². The summed E-state index contributed by atoms with van der Waals surface area (Å²) in [4.78, 5) is 0. The summed E-state index contributed by atoms with van der Waals surface area (Å²) in [7, 11) is 0. The lowest BCUT2D eigenvalue weighted by Gasteiger charge is -2.12. The molecule has 1 atom stereocenters. The highest BCUT2D eigenvalue weighted by molar-refractivity contribution is 5.21. The number of hydrogen-bond donors (Lipinski definition) is 1. The van der Waals surface area contributed by atoms with Crippen LogP contribution >= 0.6 is 0 Å². The molecule has 1 rings (SSSR count). The van der Waals surface area contributed by atoms with Gasteiger partial charge in [0, 0.05) is 0 Å². The number of benzene rings is 1. The molecular formula is C14H22O. The molecule has 1 aromatic carbocycles. The molecule has 1 heteroatoms. The van der Waals surface area contributed by atoms with E-state index in [1.54, 1.807) is 0 Å². The fourth-order valence-corrected chi connectivity index (χ4v) is 1.75. The molecule has 0 aliphatic heterocycles. The van der Waals surface area contributed by atoms with Crippen LogP contribution in [0.5, 0.6) is 0 Å². The first-order valence-electron chi connectivity index (χ1n) is 5.81. The van der Waals surface area contributed by atoms with E-state index in [0.29, 0.717) is 5.92 Å². The van der Waals surface area contributed by atoms with Gasteiger partial charge in [-0.15, -0.1) is 0 Å². The first-order valence-corrected chi connectivity index (χ1v) is 5.81. The summed E-state index contributed by atoms with van der Waals surface area (Å²) < 4.78 is 0. The number of rotatable bonds is 5. The van der Waals surface area contributed by atoms with Crippen LogP contribution in [0, 0.1) is 12.8 Å². The van der Waals surface area contributed by atoms with Gasteiger partial charge in [-0.3, -0.25) is 0 Å². The Morgan fingerprint density at radius 2 is 1.73 bits per heavy atom. The molecule has 0 saturated carbocycles. The third kappa shape index (κ3) is 4.98. The molecular weight excluding hydrogens is 184 g/mol. The van der Waals surface area contributed by atoms with Gasteiger partial charge in [-0.05, 0) is 37.7 Å². The average molecular weight is 206 g/mol. The quantitative estimate of drug-likeness (QED) is 0.783. The molecule has 0 fully saturated rings. The predicted molar refractivity (Wildman–Crippen MR) is 65.0 cm³/mol. The van der Waals surface area contributed by atoms with Crippen molar-refractivity contribution in [1.82, 2.24) is 0 Å². The second-order valence-electron chi connectivity index (χ2n) is 4.81. The van der Waals surface area contributed by atoms with Crippen LogP contribution in [0.15, 0.2) is 24.3 Å². The lowest BCUT2D eigenvalue weighted by atomic mass is 9.99. The molecule has 0 spiro atoms. The van der Waals surface area contributed by atoms with Crippen LogP contribution in [0.25, 0.3) is 0 Å². The summed E-state index contributed by atoms with van der Waals surface area (Å²) in [6, 6.07) is 8.56. The van der Waals surface area contributed by atoms with Crippen LogP contribution in [0.1, 0.15) is 37.8 Å². The summed E-state index contributed by atoms with van der Waals surface area (Å²) in [5, 5.41) is 9.74. The summed E-state index contributed by atoms with van der Waals surface area (Å²) >= 11 is 0. The maximum absolute atomic E-state index is 9.74. The minimum Gasteiger partial charge on any atom is -0.393 e. The zero-order valence-corrected chi connectivity index (χ0v) is 10.0. The molecule has 0 heterocycles. The first kappa shape index (κ1) is 12.3. The second kappa shape index (κ2) is 5.92. The largest absolute Gasteiger partial charge is 0.393 e. The van der Waals surface area contributed by atoms with E-state index in [4.69, 9.17) is 0 Å². The van der Waals surface area contributed by atoms with E-state index in [9.17, 15) is 5.11 Å². The van der Waals surface area contributed by atoms with Gasteiger partial charge in [-0.2, -0.15) is 0 Å². The van der Waals surface area contributed by atoms with E-state index in [2.05, 4.69) is 45.0 Å². The molecule has 0 amide bonds. The minimum absolute atomic E-state index is 0.147. The van der Waals surface area contributed by atoms with E-state index >= 15 is 0 Å². The standard InChI is InChI=1S/C14H22O/c1-11(2)10-14(15)9-8-13-6-4-12(3)5-7-13/h4-7,11,14-15H,8-10H2,1-3H3. The van der Waals surface area contributed by atoms with E-state index < -0.39 is 0 Å². The van der Waals surface area contributed by atoms with Crippen molar-refractivity contribution in [3.05, 3.63) is 35.4 Å². The predicted octanol–water partition coefficient (Wildman–Crippen LogP) is 3.33. The van der Waals surface area contributed by atoms with Gasteiger partial charge < -0.3 is 5.11 Å². The molecule has 0 aliphatic rings. The molecule has 15 heavy (non-hydrogen) atoms. The van der Waals surface area contributed by atoms with Crippen LogP contribution in [0.3, 0.4) is 0 Å². The Hall–Kier alpha value is -0.820. The van der Waals surface area contributed by atoms with E-state index in [1.807, 2.05) is 0 Å². The maximum Gasteiger partial charge on any atom is 0.0545 e. The van der Waals surface area contributed by atoms with E-state index in [1.165, 1.54) is 11.1 Å². The van der Waals surface area contributed by atoms with Crippen LogP contribution in [-0.2, 0) is 6.42 Å². The lowest BCUT2D eigenvalue weighted by Crippen LogP contribution is -2.11. The summed E-state index contributed by atoms with van der Waals surface area (Å²) in [5.41, 5.74) is 2.62. The Balaban J connectivity index is 2.33. The van der Waals surface area contributed by atoms with Crippen molar-refractivity contribution < 1.29 is 5.11 Å². The van der Waals surface area contributed by atoms with Crippen LogP contribution in [0.4, 0.5) is 0 Å². The normalized spacial score (nSPS) is 13.1. The van der Waals surface area contributed by atoms with Crippen LogP contribution < -0.4 is 0 Å². The summed E-state index contributed by atoms with van der Waals surface area (Å²) in [5.74, 6) is 0.581. The van der Waals surface area contributed by atoms with E-state index in [-0.39, 0.29) is 6.10 Å². The highest BCUT2D eigenvalue weighted by atomic mass is 16.3. The topological polar surface area (TPSA) is 20.2 Å². The molecule has 0 bridgehead atoms. The maximum atomic E-state index is 9.74. The lowest BCUT2D eigenvalue weighted by molar-refractivity contribution is 0.140. The molecule has 0 saturated heterocycles. The Morgan fingerprint density at radius 3 is 2.27 bits per heavy atom. The van der Waals surface area contributed by atoms with Gasteiger partial charge in [-0.25, -0.2) is 0 Å². The Morgan fingerprint density at radius 1 is 1.13 bits per heavy atom. The molecule has 0 radical (unpaired) electrons. The SMILES string of the molecule is Cc1ccc(CCC(O)CC(C)C)cc1. The molecule has 1 nitrogen and oxygen atoms in total. The van der Waals surface area contributed by atoms with Gasteiger partial charge in [0.1, 0.15) is 0 Å². The third-order valence-corrected chi connectivity index (χ3v) is 2.63. The van der Waals surface area contributed by atoms with Crippen molar-refractivity contribution in [3.63, 3.8) is 0 Å². The molecule has 84 valence electrons. The Kier molecular flexibility index (Phi) is 4.83. The number of aryl methyl sites for hydroxylation is 2. The smallest absolute Gasteiger partial charge is 0.0545 e. The molecule has 1 N–H and O–H groups in total. The molecule has 0 aromatic heterocycles. The first-order chi connectivity index (χ1) is 7.08. The van der Waals surface area contributed by atoms with Gasteiger partial charge in [0.05, 0.1) is 6.10 Å². The van der Waals surface area contributed by atoms with Crippen molar-refractivity contribution in [2.45, 2.75) is 46.1 Å². The van der Waals surface area contributed by atoms with Gasteiger partial charge in [-0.1, -0.05) is 43.7 Å². The van der Waals surface area contributed by atoms with Crippen molar-refractivity contribution >= 4 is 0 Å². The van der Waals surface area contributed by atoms with Crippen molar-refractivity contribution in [1.29, 1.82) is 0 Å². The molecule has 0 aliphatic carbocycles. The summed E-state index contributed by atoms with van der Waals surface area (Å²) in [6.45, 7) is 6.39. The number of aliphatic hydroxyl groups excluding tert-OH is 1. The highest BCUT2D eigenvalue weighted by Gasteiger charge is 2.06. The monoisotopic (exact) mass is 206 g/mol. The number of aliphatic hydroxyl groups is 1. The van der Waals surface area contributed by atoms with Gasteiger partial charge >= 0.3 is 0 Å². The Bertz CT molecular complexity index is 274. The summed E-state index contributed by atoms with van der Waals surface area (Å²) in [6.07, 6.45) is 2.62. The third-order valence-electron chi connectivity index (χ3n) is 2.63.